The fourth-order valence-electron chi connectivity index (χ4n) is 1.31. The number of benzene rings is 1. The predicted octanol–water partition coefficient (Wildman–Crippen LogP) is 4.46. The highest BCUT2D eigenvalue weighted by Crippen LogP contribution is 2.41. The van der Waals surface area contributed by atoms with Crippen molar-refractivity contribution in [3.05, 3.63) is 28.8 Å². The van der Waals surface area contributed by atoms with Crippen molar-refractivity contribution in [2.24, 2.45) is 0 Å². The molecule has 0 saturated heterocycles. The third-order valence-electron chi connectivity index (χ3n) is 2.00. The van der Waals surface area contributed by atoms with Gasteiger partial charge in [-0.05, 0) is 17.7 Å². The molecule has 0 saturated carbocycles. The van der Waals surface area contributed by atoms with Crippen molar-refractivity contribution in [3.8, 4) is 5.06 Å². The molecule has 0 amide bonds. The number of fused-ring (bicyclic) bond motifs is 1. The summed E-state index contributed by atoms with van der Waals surface area (Å²) in [4.78, 5) is 0. The number of thiophene rings is 1. The Balaban J connectivity index is 2.68. The van der Waals surface area contributed by atoms with Crippen LogP contribution in [0.5, 0.6) is 5.06 Å². The molecule has 0 aliphatic carbocycles. The van der Waals surface area contributed by atoms with Crippen molar-refractivity contribution in [1.82, 2.24) is 0 Å². The number of alkyl halides is 1. The number of hydrogen-bond acceptors (Lipinski definition) is 2. The zero-order valence-electron chi connectivity index (χ0n) is 7.51. The van der Waals surface area contributed by atoms with Gasteiger partial charge in [-0.15, -0.1) is 0 Å². The van der Waals surface area contributed by atoms with E-state index in [1.54, 1.807) is 18.4 Å². The Kier molecular flexibility index (Phi) is 3.00. The molecule has 74 valence electrons. The molecule has 0 aliphatic rings. The van der Waals surface area contributed by atoms with Gasteiger partial charge >= 0.3 is 0 Å². The monoisotopic (exact) mass is 290 g/mol. The van der Waals surface area contributed by atoms with Crippen LogP contribution in [-0.4, -0.2) is 7.11 Å². The average molecular weight is 292 g/mol. The van der Waals surface area contributed by atoms with Gasteiger partial charge in [-0.1, -0.05) is 44.9 Å². The summed E-state index contributed by atoms with van der Waals surface area (Å²) < 4.78 is 6.34. The molecule has 2 rings (SSSR count). The molecule has 1 heterocycles. The summed E-state index contributed by atoms with van der Waals surface area (Å²) in [5, 5.41) is 3.42. The standard InChI is InChI=1S/C10H8BrClOS/c1-13-10-9(12)7-4-6(5-11)2-3-8(7)14-10/h2-4H,5H2,1H3. The molecule has 0 unspecified atom stereocenters. The first-order valence-corrected chi connectivity index (χ1v) is 6.38. The first-order valence-electron chi connectivity index (χ1n) is 4.07. The van der Waals surface area contributed by atoms with Crippen LogP contribution < -0.4 is 4.74 Å². The maximum atomic E-state index is 6.16. The maximum absolute atomic E-state index is 6.16. The molecule has 0 aliphatic heterocycles. The third-order valence-corrected chi connectivity index (χ3v) is 4.27. The summed E-state index contributed by atoms with van der Waals surface area (Å²) in [5.41, 5.74) is 1.22. The van der Waals surface area contributed by atoms with Crippen LogP contribution in [0.25, 0.3) is 10.1 Å². The van der Waals surface area contributed by atoms with E-state index in [-0.39, 0.29) is 0 Å². The van der Waals surface area contributed by atoms with Crippen molar-refractivity contribution in [1.29, 1.82) is 0 Å². The second kappa shape index (κ2) is 4.09. The zero-order valence-corrected chi connectivity index (χ0v) is 10.7. The zero-order chi connectivity index (χ0) is 10.1. The smallest absolute Gasteiger partial charge is 0.193 e. The number of halogens is 2. The van der Waals surface area contributed by atoms with Crippen LogP contribution in [0.2, 0.25) is 5.02 Å². The Hall–Kier alpha value is -0.250. The minimum absolute atomic E-state index is 0.718. The lowest BCUT2D eigenvalue weighted by molar-refractivity contribution is 0.427. The van der Waals surface area contributed by atoms with Crippen LogP contribution in [0, 0.1) is 0 Å². The van der Waals surface area contributed by atoms with Gasteiger partial charge in [0.25, 0.3) is 0 Å². The number of ether oxygens (including phenoxy) is 1. The fraction of sp³-hybridized carbons (Fsp3) is 0.200. The molecule has 14 heavy (non-hydrogen) atoms. The Morgan fingerprint density at radius 1 is 1.50 bits per heavy atom. The van der Waals surface area contributed by atoms with Gasteiger partial charge in [0.2, 0.25) is 0 Å². The van der Waals surface area contributed by atoms with Crippen molar-refractivity contribution >= 4 is 49.0 Å². The molecular formula is C10H8BrClOS. The van der Waals surface area contributed by atoms with Gasteiger partial charge < -0.3 is 4.74 Å². The molecule has 2 aromatic rings. The van der Waals surface area contributed by atoms with Crippen LogP contribution in [0.3, 0.4) is 0 Å². The molecule has 0 N–H and O–H groups in total. The summed E-state index contributed by atoms with van der Waals surface area (Å²) in [5.74, 6) is 0. The van der Waals surface area contributed by atoms with Crippen LogP contribution in [0.15, 0.2) is 18.2 Å². The van der Waals surface area contributed by atoms with Crippen molar-refractivity contribution < 1.29 is 4.74 Å². The van der Waals surface area contributed by atoms with E-state index < -0.39 is 0 Å². The fourth-order valence-corrected chi connectivity index (χ4v) is 2.95. The van der Waals surface area contributed by atoms with E-state index in [1.807, 2.05) is 0 Å². The normalized spacial score (nSPS) is 10.8. The average Bonchev–Trinajstić information content (AvgIpc) is 2.55. The number of hydrogen-bond donors (Lipinski definition) is 0. The number of rotatable bonds is 2. The van der Waals surface area contributed by atoms with Crippen LogP contribution in [0.1, 0.15) is 5.56 Å². The summed E-state index contributed by atoms with van der Waals surface area (Å²) in [7, 11) is 1.64. The quantitative estimate of drug-likeness (QED) is 0.742. The Labute approximate surface area is 99.8 Å². The summed E-state index contributed by atoms with van der Waals surface area (Å²) in [6, 6.07) is 6.25. The third kappa shape index (κ3) is 1.64. The minimum Gasteiger partial charge on any atom is -0.486 e. The molecule has 4 heteroatoms. The summed E-state index contributed by atoms with van der Waals surface area (Å²) in [6.45, 7) is 0. The highest BCUT2D eigenvalue weighted by Gasteiger charge is 2.10. The lowest BCUT2D eigenvalue weighted by atomic mass is 10.2. The molecule has 0 radical (unpaired) electrons. The van der Waals surface area contributed by atoms with Crippen molar-refractivity contribution in [2.45, 2.75) is 5.33 Å². The molecular weight excluding hydrogens is 284 g/mol. The van der Waals surface area contributed by atoms with Gasteiger partial charge in [0.15, 0.2) is 5.06 Å². The van der Waals surface area contributed by atoms with E-state index >= 15 is 0 Å². The second-order valence-electron chi connectivity index (χ2n) is 2.87. The van der Waals surface area contributed by atoms with Crippen LogP contribution in [-0.2, 0) is 5.33 Å². The Morgan fingerprint density at radius 2 is 2.29 bits per heavy atom. The Bertz CT molecular complexity index is 466. The van der Waals surface area contributed by atoms with E-state index in [0.717, 1.165) is 25.5 Å². The minimum atomic E-state index is 0.718. The van der Waals surface area contributed by atoms with E-state index in [4.69, 9.17) is 16.3 Å². The Morgan fingerprint density at radius 3 is 2.93 bits per heavy atom. The van der Waals surface area contributed by atoms with Crippen molar-refractivity contribution in [3.63, 3.8) is 0 Å². The summed E-state index contributed by atoms with van der Waals surface area (Å²) in [6.07, 6.45) is 0. The van der Waals surface area contributed by atoms with Gasteiger partial charge in [-0.25, -0.2) is 0 Å². The highest BCUT2D eigenvalue weighted by molar-refractivity contribution is 9.08. The molecule has 1 aromatic heterocycles. The van der Waals surface area contributed by atoms with Gasteiger partial charge in [0.05, 0.1) is 7.11 Å². The SMILES string of the molecule is COc1sc2ccc(CBr)cc2c1Cl. The topological polar surface area (TPSA) is 9.23 Å². The highest BCUT2D eigenvalue weighted by atomic mass is 79.9. The lowest BCUT2D eigenvalue weighted by Crippen LogP contribution is -1.77. The van der Waals surface area contributed by atoms with E-state index in [2.05, 4.69) is 34.1 Å². The molecule has 0 fully saturated rings. The molecule has 0 bridgehead atoms. The molecule has 1 nitrogen and oxygen atoms in total. The predicted molar refractivity (Wildman–Crippen MR) is 66.0 cm³/mol. The van der Waals surface area contributed by atoms with E-state index in [1.165, 1.54) is 5.56 Å². The van der Waals surface area contributed by atoms with E-state index in [9.17, 15) is 0 Å². The van der Waals surface area contributed by atoms with Gasteiger partial charge in [-0.3, -0.25) is 0 Å². The lowest BCUT2D eigenvalue weighted by Gasteiger charge is -1.95. The van der Waals surface area contributed by atoms with Crippen LogP contribution >= 0.6 is 38.9 Å². The first-order chi connectivity index (χ1) is 6.76. The second-order valence-corrected chi connectivity index (χ2v) is 4.83. The van der Waals surface area contributed by atoms with E-state index in [0.29, 0.717) is 0 Å². The van der Waals surface area contributed by atoms with Crippen molar-refractivity contribution in [2.75, 3.05) is 7.11 Å². The van der Waals surface area contributed by atoms with Gasteiger partial charge in [-0.2, -0.15) is 0 Å². The largest absolute Gasteiger partial charge is 0.486 e. The maximum Gasteiger partial charge on any atom is 0.193 e. The first kappa shape index (κ1) is 10.3. The van der Waals surface area contributed by atoms with Gasteiger partial charge in [0.1, 0.15) is 5.02 Å². The molecule has 0 spiro atoms. The molecule has 1 aromatic carbocycles. The molecule has 0 atom stereocenters. The van der Waals surface area contributed by atoms with Gasteiger partial charge in [0, 0.05) is 15.4 Å². The summed E-state index contributed by atoms with van der Waals surface area (Å²) >= 11 is 11.2. The number of methoxy groups -OCH3 is 1. The van der Waals surface area contributed by atoms with Crippen LogP contribution in [0.4, 0.5) is 0 Å².